The number of fused-ring (bicyclic) bond motifs is 2. The highest BCUT2D eigenvalue weighted by Crippen LogP contribution is 2.30. The zero-order chi connectivity index (χ0) is 19.3. The van der Waals surface area contributed by atoms with Crippen molar-refractivity contribution in [1.29, 1.82) is 5.26 Å². The van der Waals surface area contributed by atoms with Crippen LogP contribution < -0.4 is 5.69 Å². The van der Waals surface area contributed by atoms with Gasteiger partial charge in [0.15, 0.2) is 11.5 Å². The summed E-state index contributed by atoms with van der Waals surface area (Å²) in [6.45, 7) is 0. The van der Waals surface area contributed by atoms with Crippen LogP contribution in [-0.4, -0.2) is 40.3 Å². The van der Waals surface area contributed by atoms with Crippen LogP contribution in [0.15, 0.2) is 35.5 Å². The Bertz CT molecular complexity index is 1290. The molecule has 0 aliphatic heterocycles. The second-order valence-corrected chi connectivity index (χ2v) is 7.12. The van der Waals surface area contributed by atoms with Crippen LogP contribution >= 0.6 is 0 Å². The molecule has 140 valence electrons. The fourth-order valence-electron chi connectivity index (χ4n) is 3.98. The minimum atomic E-state index is -0.402. The second-order valence-electron chi connectivity index (χ2n) is 7.12. The number of nitriles is 1. The Balaban J connectivity index is 1.67. The van der Waals surface area contributed by atoms with Gasteiger partial charge in [0.1, 0.15) is 5.52 Å². The molecule has 0 radical (unpaired) electrons. The Kier molecular flexibility index (Phi) is 3.74. The first kappa shape index (κ1) is 16.6. The first-order valence-corrected chi connectivity index (χ1v) is 9.17. The molecule has 9 heteroatoms. The van der Waals surface area contributed by atoms with Crippen molar-refractivity contribution in [1.82, 2.24) is 29.1 Å². The summed E-state index contributed by atoms with van der Waals surface area (Å²) in [7, 11) is 0. The fourth-order valence-corrected chi connectivity index (χ4v) is 3.98. The molecule has 1 saturated carbocycles. The van der Waals surface area contributed by atoms with E-state index < -0.39 is 6.10 Å². The van der Waals surface area contributed by atoms with E-state index in [1.807, 2.05) is 0 Å². The molecule has 4 aromatic heterocycles. The highest BCUT2D eigenvalue weighted by Gasteiger charge is 2.25. The maximum absolute atomic E-state index is 12.5. The smallest absolute Gasteiger partial charge is 0.327 e. The normalized spacial score (nSPS) is 19.9. The molecule has 5 rings (SSSR count). The standard InChI is InChI=1S/C19H17N7O2/c20-8-11-4-5-25-16(6-11)14(9-22-25)17-21-10-15-18(24-17)26(19(28)23-15)12-2-1-3-13(27)7-12/h4-6,9-10,12-13,27H,1-3,7H2,(H,23,28). The molecule has 0 bridgehead atoms. The number of rotatable bonds is 2. The predicted molar refractivity (Wildman–Crippen MR) is 101 cm³/mol. The second kappa shape index (κ2) is 6.28. The molecule has 2 N–H and O–H groups in total. The Hall–Kier alpha value is -3.51. The van der Waals surface area contributed by atoms with Gasteiger partial charge in [-0.2, -0.15) is 10.4 Å². The van der Waals surface area contributed by atoms with Gasteiger partial charge in [-0.1, -0.05) is 0 Å². The quantitative estimate of drug-likeness (QED) is 0.550. The number of H-pyrrole nitrogens is 1. The molecule has 1 fully saturated rings. The van der Waals surface area contributed by atoms with E-state index in [1.165, 1.54) is 0 Å². The number of aromatic nitrogens is 6. The molecule has 2 atom stereocenters. The van der Waals surface area contributed by atoms with E-state index in [9.17, 15) is 9.90 Å². The molecular formula is C19H17N7O2. The fraction of sp³-hybridized carbons (Fsp3) is 0.316. The number of aliphatic hydroxyl groups excluding tert-OH is 1. The lowest BCUT2D eigenvalue weighted by Crippen LogP contribution is -2.29. The summed E-state index contributed by atoms with van der Waals surface area (Å²) < 4.78 is 3.29. The zero-order valence-corrected chi connectivity index (χ0v) is 14.9. The predicted octanol–water partition coefficient (Wildman–Crippen LogP) is 1.78. The van der Waals surface area contributed by atoms with Crippen molar-refractivity contribution in [2.24, 2.45) is 0 Å². The first-order valence-electron chi connectivity index (χ1n) is 9.17. The third-order valence-corrected chi connectivity index (χ3v) is 5.33. The molecule has 2 unspecified atom stereocenters. The van der Waals surface area contributed by atoms with Gasteiger partial charge in [-0.15, -0.1) is 0 Å². The molecule has 0 amide bonds. The highest BCUT2D eigenvalue weighted by molar-refractivity contribution is 5.80. The van der Waals surface area contributed by atoms with Crippen LogP contribution in [0.2, 0.25) is 0 Å². The molecular weight excluding hydrogens is 358 g/mol. The topological polar surface area (TPSA) is 125 Å². The van der Waals surface area contributed by atoms with Gasteiger partial charge in [0.05, 0.1) is 41.2 Å². The van der Waals surface area contributed by atoms with Crippen LogP contribution in [0, 0.1) is 11.3 Å². The van der Waals surface area contributed by atoms with Gasteiger partial charge in [0.25, 0.3) is 0 Å². The van der Waals surface area contributed by atoms with Crippen LogP contribution in [0.3, 0.4) is 0 Å². The van der Waals surface area contributed by atoms with Gasteiger partial charge in [-0.25, -0.2) is 19.3 Å². The minimum Gasteiger partial charge on any atom is -0.393 e. The van der Waals surface area contributed by atoms with Crippen LogP contribution in [0.5, 0.6) is 0 Å². The first-order chi connectivity index (χ1) is 13.6. The van der Waals surface area contributed by atoms with Crippen molar-refractivity contribution in [2.45, 2.75) is 37.8 Å². The minimum absolute atomic E-state index is 0.0955. The van der Waals surface area contributed by atoms with Crippen molar-refractivity contribution < 1.29 is 5.11 Å². The third-order valence-electron chi connectivity index (χ3n) is 5.33. The number of nitrogens with one attached hydrogen (secondary N) is 1. The summed E-state index contributed by atoms with van der Waals surface area (Å²) in [5.41, 5.74) is 2.75. The van der Waals surface area contributed by atoms with E-state index in [1.54, 1.807) is 39.8 Å². The van der Waals surface area contributed by atoms with Crippen molar-refractivity contribution in [2.75, 3.05) is 0 Å². The van der Waals surface area contributed by atoms with E-state index >= 15 is 0 Å². The lowest BCUT2D eigenvalue weighted by atomic mass is 9.93. The Morgan fingerprint density at radius 1 is 1.32 bits per heavy atom. The summed E-state index contributed by atoms with van der Waals surface area (Å²) >= 11 is 0. The molecule has 0 aromatic carbocycles. The highest BCUT2D eigenvalue weighted by atomic mass is 16.3. The lowest BCUT2D eigenvalue weighted by Gasteiger charge is -2.26. The van der Waals surface area contributed by atoms with Crippen molar-refractivity contribution in [3.8, 4) is 17.5 Å². The van der Waals surface area contributed by atoms with Gasteiger partial charge in [-0.3, -0.25) is 4.57 Å². The number of nitrogens with zero attached hydrogens (tertiary/aromatic N) is 6. The van der Waals surface area contributed by atoms with Crippen LogP contribution in [0.4, 0.5) is 0 Å². The maximum Gasteiger partial charge on any atom is 0.327 e. The molecule has 28 heavy (non-hydrogen) atoms. The SMILES string of the molecule is N#Cc1ccn2ncc(-c3ncc4[nH]c(=O)n(C5CCCC(O)C5)c4n3)c2c1. The molecule has 1 aliphatic carbocycles. The number of aliphatic hydroxyl groups is 1. The number of pyridine rings is 1. The molecule has 4 aromatic rings. The number of hydrogen-bond acceptors (Lipinski definition) is 6. The van der Waals surface area contributed by atoms with Gasteiger partial charge >= 0.3 is 5.69 Å². The number of imidazole rings is 1. The van der Waals surface area contributed by atoms with Gasteiger partial charge in [-0.05, 0) is 37.8 Å². The number of hydrogen-bond donors (Lipinski definition) is 2. The van der Waals surface area contributed by atoms with Gasteiger partial charge < -0.3 is 10.1 Å². The van der Waals surface area contributed by atoms with E-state index in [0.717, 1.165) is 24.8 Å². The summed E-state index contributed by atoms with van der Waals surface area (Å²) in [4.78, 5) is 24.4. The van der Waals surface area contributed by atoms with E-state index in [0.29, 0.717) is 34.5 Å². The summed E-state index contributed by atoms with van der Waals surface area (Å²) in [5.74, 6) is 0.432. The third kappa shape index (κ3) is 2.58. The summed E-state index contributed by atoms with van der Waals surface area (Å²) in [5, 5.41) is 23.5. The largest absolute Gasteiger partial charge is 0.393 e. The molecule has 9 nitrogen and oxygen atoms in total. The van der Waals surface area contributed by atoms with Crippen molar-refractivity contribution in [3.63, 3.8) is 0 Å². The average molecular weight is 375 g/mol. The average Bonchev–Trinajstić information content (AvgIpc) is 3.26. The van der Waals surface area contributed by atoms with Crippen molar-refractivity contribution in [3.05, 3.63) is 46.8 Å². The summed E-state index contributed by atoms with van der Waals surface area (Å²) in [6.07, 6.45) is 7.54. The number of aromatic amines is 1. The Labute approximate surface area is 158 Å². The lowest BCUT2D eigenvalue weighted by molar-refractivity contribution is 0.104. The van der Waals surface area contributed by atoms with E-state index in [2.05, 4.69) is 26.1 Å². The van der Waals surface area contributed by atoms with Gasteiger partial charge in [0, 0.05) is 12.2 Å². The van der Waals surface area contributed by atoms with Crippen molar-refractivity contribution >= 4 is 16.7 Å². The van der Waals surface area contributed by atoms with Crippen LogP contribution in [0.25, 0.3) is 28.1 Å². The Morgan fingerprint density at radius 2 is 2.21 bits per heavy atom. The molecule has 0 saturated heterocycles. The molecule has 1 aliphatic rings. The van der Waals surface area contributed by atoms with E-state index in [4.69, 9.17) is 5.26 Å². The van der Waals surface area contributed by atoms with Crippen LogP contribution in [0.1, 0.15) is 37.3 Å². The Morgan fingerprint density at radius 3 is 3.04 bits per heavy atom. The zero-order valence-electron chi connectivity index (χ0n) is 14.9. The van der Waals surface area contributed by atoms with Gasteiger partial charge in [0.2, 0.25) is 0 Å². The van der Waals surface area contributed by atoms with E-state index in [-0.39, 0.29) is 11.7 Å². The molecule has 4 heterocycles. The maximum atomic E-state index is 12.5. The molecule has 0 spiro atoms. The summed E-state index contributed by atoms with van der Waals surface area (Å²) in [6, 6.07) is 5.45. The van der Waals surface area contributed by atoms with Crippen LogP contribution in [-0.2, 0) is 0 Å². The monoisotopic (exact) mass is 375 g/mol.